The second-order valence-electron chi connectivity index (χ2n) is 1.01. The summed E-state index contributed by atoms with van der Waals surface area (Å²) in [6.45, 7) is 5.66. The number of hydrogen-bond donors (Lipinski definition) is 0. The number of hydrogen-bond acceptors (Lipinski definition) is 0. The highest BCUT2D eigenvalue weighted by atomic mass is 32.2. The van der Waals surface area contributed by atoms with Crippen molar-refractivity contribution in [1.29, 1.82) is 0 Å². The van der Waals surface area contributed by atoms with Crippen molar-refractivity contribution in [2.45, 2.75) is 6.92 Å². The van der Waals surface area contributed by atoms with Crippen LogP contribution in [0.2, 0.25) is 0 Å². The minimum atomic E-state index is 0.355. The fourth-order valence-electron chi connectivity index (χ4n) is 0.0962. The van der Waals surface area contributed by atoms with Crippen molar-refractivity contribution in [2.24, 2.45) is 0 Å². The summed E-state index contributed by atoms with van der Waals surface area (Å²) >= 11 is 0. The molecule has 0 saturated carbocycles. The smallest absolute Gasteiger partial charge is 0.0199 e. The zero-order valence-corrected chi connectivity index (χ0v) is 5.09. The molecule has 0 aliphatic rings. The molecule has 36 valence electrons. The van der Waals surface area contributed by atoms with Crippen LogP contribution < -0.4 is 0 Å². The summed E-state index contributed by atoms with van der Waals surface area (Å²) in [4.78, 5) is 0. The van der Waals surface area contributed by atoms with Gasteiger partial charge in [0.25, 0.3) is 0 Å². The highest BCUT2D eigenvalue weighted by Crippen LogP contribution is 2.02. The van der Waals surface area contributed by atoms with Gasteiger partial charge in [0.2, 0.25) is 0 Å². The summed E-state index contributed by atoms with van der Waals surface area (Å²) in [5.74, 6) is 0. The van der Waals surface area contributed by atoms with Crippen LogP contribution in [-0.4, -0.2) is 11.6 Å². The summed E-state index contributed by atoms with van der Waals surface area (Å²) in [6, 6.07) is 0. The molecular formula is C5H10S. The standard InChI is InChI=1S/C5H10S/c1-4-6(3)5-2/h4-5H,1H2,2-3H3. The number of rotatable bonds is 1. The van der Waals surface area contributed by atoms with Gasteiger partial charge in [-0.25, -0.2) is 0 Å². The molecule has 6 heavy (non-hydrogen) atoms. The lowest BCUT2D eigenvalue weighted by Crippen LogP contribution is -1.55. The maximum atomic E-state index is 3.61. The molecule has 0 heterocycles. The zero-order chi connectivity index (χ0) is 4.99. The predicted octanol–water partition coefficient (Wildman–Crippen LogP) is 1.85. The molecule has 0 spiro atoms. The van der Waals surface area contributed by atoms with Gasteiger partial charge in [-0.1, -0.05) is 11.9 Å². The van der Waals surface area contributed by atoms with E-state index in [2.05, 4.69) is 18.2 Å². The molecule has 0 nitrogen and oxygen atoms in total. The monoisotopic (exact) mass is 102 g/mol. The van der Waals surface area contributed by atoms with E-state index in [0.717, 1.165) is 0 Å². The van der Waals surface area contributed by atoms with Gasteiger partial charge in [-0.05, 0) is 18.6 Å². The van der Waals surface area contributed by atoms with E-state index in [9.17, 15) is 0 Å². The van der Waals surface area contributed by atoms with Gasteiger partial charge in [-0.2, -0.15) is 10.5 Å². The van der Waals surface area contributed by atoms with Crippen molar-refractivity contribution in [3.05, 3.63) is 12.0 Å². The van der Waals surface area contributed by atoms with Crippen LogP contribution in [0.25, 0.3) is 0 Å². The molecule has 0 N–H and O–H groups in total. The third-order valence-electron chi connectivity index (χ3n) is 0.635. The van der Waals surface area contributed by atoms with E-state index in [1.807, 2.05) is 12.3 Å². The van der Waals surface area contributed by atoms with Crippen molar-refractivity contribution >= 4 is 15.9 Å². The first-order valence-electron chi connectivity index (χ1n) is 1.87. The van der Waals surface area contributed by atoms with Crippen molar-refractivity contribution in [2.75, 3.05) is 6.26 Å². The van der Waals surface area contributed by atoms with Crippen LogP contribution in [0.1, 0.15) is 6.92 Å². The Kier molecular flexibility index (Phi) is 3.14. The molecule has 1 unspecified atom stereocenters. The maximum absolute atomic E-state index is 3.61. The van der Waals surface area contributed by atoms with E-state index in [-0.39, 0.29) is 0 Å². The molecule has 1 atom stereocenters. The van der Waals surface area contributed by atoms with Crippen LogP contribution in [0, 0.1) is 0 Å². The van der Waals surface area contributed by atoms with Gasteiger partial charge in [-0.3, -0.25) is 0 Å². The minimum Gasteiger partial charge on any atom is -0.170 e. The van der Waals surface area contributed by atoms with Gasteiger partial charge in [0, 0.05) is 0 Å². The van der Waals surface area contributed by atoms with Crippen molar-refractivity contribution in [3.63, 3.8) is 0 Å². The lowest BCUT2D eigenvalue weighted by atomic mass is 11.0. The zero-order valence-electron chi connectivity index (χ0n) is 4.27. The quantitative estimate of drug-likeness (QED) is 0.443. The molecular weight excluding hydrogens is 92.1 g/mol. The van der Waals surface area contributed by atoms with Crippen LogP contribution in [0.5, 0.6) is 0 Å². The molecule has 0 rings (SSSR count). The summed E-state index contributed by atoms with van der Waals surface area (Å²) in [5.41, 5.74) is 0. The Bertz CT molecular complexity index is 72.0. The Morgan fingerprint density at radius 2 is 2.17 bits per heavy atom. The third kappa shape index (κ3) is 2.21. The van der Waals surface area contributed by atoms with Crippen LogP contribution in [0.3, 0.4) is 0 Å². The van der Waals surface area contributed by atoms with Crippen molar-refractivity contribution < 1.29 is 0 Å². The van der Waals surface area contributed by atoms with Crippen molar-refractivity contribution in [3.8, 4) is 0 Å². The van der Waals surface area contributed by atoms with Crippen LogP contribution >= 0.6 is 10.5 Å². The summed E-state index contributed by atoms with van der Waals surface area (Å²) in [7, 11) is 0.355. The van der Waals surface area contributed by atoms with Crippen molar-refractivity contribution in [1.82, 2.24) is 0 Å². The fourth-order valence-corrected chi connectivity index (χ4v) is 0.289. The average molecular weight is 102 g/mol. The second-order valence-corrected chi connectivity index (χ2v) is 3.03. The summed E-state index contributed by atoms with van der Waals surface area (Å²) in [6.07, 6.45) is 2.13. The topological polar surface area (TPSA) is 0 Å². The lowest BCUT2D eigenvalue weighted by molar-refractivity contribution is 2.13. The second kappa shape index (κ2) is 3.16. The molecule has 0 radical (unpaired) electrons. The first-order chi connectivity index (χ1) is 2.81. The Hall–Kier alpha value is -0.0400. The van der Waals surface area contributed by atoms with E-state index in [4.69, 9.17) is 0 Å². The van der Waals surface area contributed by atoms with Gasteiger partial charge < -0.3 is 0 Å². The predicted molar refractivity (Wildman–Crippen MR) is 35.5 cm³/mol. The highest BCUT2D eigenvalue weighted by Gasteiger charge is 1.63. The van der Waals surface area contributed by atoms with Gasteiger partial charge >= 0.3 is 0 Å². The molecule has 0 aromatic carbocycles. The summed E-state index contributed by atoms with van der Waals surface area (Å²) < 4.78 is 0. The van der Waals surface area contributed by atoms with Crippen LogP contribution in [0.15, 0.2) is 12.0 Å². The Labute approximate surface area is 41.8 Å². The SMILES string of the molecule is C=C/S(C)=C/C. The van der Waals surface area contributed by atoms with Gasteiger partial charge in [0.1, 0.15) is 0 Å². The van der Waals surface area contributed by atoms with E-state index < -0.39 is 0 Å². The molecule has 1 heteroatoms. The maximum Gasteiger partial charge on any atom is -0.0199 e. The normalized spacial score (nSPS) is 14.3. The van der Waals surface area contributed by atoms with Gasteiger partial charge in [0.15, 0.2) is 0 Å². The average Bonchev–Trinajstić information content (AvgIpc) is 1.65. The molecule has 0 aliphatic carbocycles. The molecule has 0 aromatic heterocycles. The molecule has 0 fully saturated rings. The third-order valence-corrected chi connectivity index (χ3v) is 1.90. The summed E-state index contributed by atoms with van der Waals surface area (Å²) in [5, 5.41) is 4.08. The molecule has 0 amide bonds. The molecule has 0 aromatic rings. The van der Waals surface area contributed by atoms with E-state index >= 15 is 0 Å². The van der Waals surface area contributed by atoms with Gasteiger partial charge in [0.05, 0.1) is 0 Å². The largest absolute Gasteiger partial charge is 0.170 e. The van der Waals surface area contributed by atoms with E-state index in [0.29, 0.717) is 10.5 Å². The molecule has 0 aliphatic heterocycles. The molecule has 0 bridgehead atoms. The van der Waals surface area contributed by atoms with Crippen LogP contribution in [-0.2, 0) is 0 Å². The van der Waals surface area contributed by atoms with E-state index in [1.165, 1.54) is 0 Å². The first-order valence-corrected chi connectivity index (χ1v) is 3.62. The Morgan fingerprint density at radius 3 is 2.17 bits per heavy atom. The van der Waals surface area contributed by atoms with Gasteiger partial charge in [-0.15, -0.1) is 0 Å². The lowest BCUT2D eigenvalue weighted by Gasteiger charge is -1.82. The fraction of sp³-hybridized carbons (Fsp3) is 0.400. The first kappa shape index (κ1) is 5.96. The highest BCUT2D eigenvalue weighted by molar-refractivity contribution is 8.16. The molecule has 0 saturated heterocycles. The Morgan fingerprint density at radius 1 is 1.67 bits per heavy atom. The van der Waals surface area contributed by atoms with Crippen LogP contribution in [0.4, 0.5) is 0 Å². The van der Waals surface area contributed by atoms with E-state index in [1.54, 1.807) is 0 Å². The Balaban J connectivity index is 3.50. The minimum absolute atomic E-state index is 0.355.